The number of halogens is 1. The molecule has 0 saturated carbocycles. The summed E-state index contributed by atoms with van der Waals surface area (Å²) < 4.78 is 13.4. The van der Waals surface area contributed by atoms with Gasteiger partial charge in [-0.1, -0.05) is 6.07 Å². The van der Waals surface area contributed by atoms with E-state index in [1.165, 1.54) is 6.07 Å². The predicted octanol–water partition coefficient (Wildman–Crippen LogP) is 1.56. The Bertz CT molecular complexity index is 385. The van der Waals surface area contributed by atoms with Crippen LogP contribution in [0.5, 0.6) is 0 Å². The lowest BCUT2D eigenvalue weighted by atomic mass is 10.1. The molecule has 3 nitrogen and oxygen atoms in total. The van der Waals surface area contributed by atoms with Gasteiger partial charge in [0, 0.05) is 12.1 Å². The van der Waals surface area contributed by atoms with Gasteiger partial charge in [0.1, 0.15) is 5.82 Å². The Morgan fingerprint density at radius 1 is 1.56 bits per heavy atom. The summed E-state index contributed by atoms with van der Waals surface area (Å²) >= 11 is 0. The summed E-state index contributed by atoms with van der Waals surface area (Å²) in [5.74, 6) is -0.372. The first-order valence-corrected chi connectivity index (χ1v) is 5.21. The van der Waals surface area contributed by atoms with Gasteiger partial charge in [0.2, 0.25) is 0 Å². The van der Waals surface area contributed by atoms with Crippen molar-refractivity contribution >= 4 is 0 Å². The van der Waals surface area contributed by atoms with Crippen LogP contribution in [0.25, 0.3) is 0 Å². The van der Waals surface area contributed by atoms with Crippen LogP contribution >= 0.6 is 0 Å². The number of aliphatic hydroxyl groups is 1. The van der Waals surface area contributed by atoms with Gasteiger partial charge in [-0.15, -0.1) is 0 Å². The van der Waals surface area contributed by atoms with Crippen LogP contribution < -0.4 is 5.32 Å². The minimum absolute atomic E-state index is 0.324. The zero-order valence-electron chi connectivity index (χ0n) is 9.20. The SMILES string of the molecule is CC(O)CCNCc1ccc(C#N)cc1F. The van der Waals surface area contributed by atoms with Gasteiger partial charge in [-0.3, -0.25) is 0 Å². The molecule has 1 unspecified atom stereocenters. The summed E-state index contributed by atoms with van der Waals surface area (Å²) in [7, 11) is 0. The molecule has 0 bridgehead atoms. The lowest BCUT2D eigenvalue weighted by Gasteiger charge is -2.07. The van der Waals surface area contributed by atoms with Gasteiger partial charge < -0.3 is 10.4 Å². The van der Waals surface area contributed by atoms with E-state index in [0.29, 0.717) is 30.6 Å². The summed E-state index contributed by atoms with van der Waals surface area (Å²) in [6, 6.07) is 6.30. The molecule has 0 aliphatic carbocycles. The highest BCUT2D eigenvalue weighted by molar-refractivity contribution is 5.32. The van der Waals surface area contributed by atoms with Gasteiger partial charge in [0.25, 0.3) is 0 Å². The Labute approximate surface area is 94.5 Å². The highest BCUT2D eigenvalue weighted by atomic mass is 19.1. The Kier molecular flexibility index (Phi) is 4.90. The zero-order valence-corrected chi connectivity index (χ0v) is 9.20. The second kappa shape index (κ2) is 6.21. The smallest absolute Gasteiger partial charge is 0.129 e. The highest BCUT2D eigenvalue weighted by Gasteiger charge is 2.03. The van der Waals surface area contributed by atoms with Crippen molar-refractivity contribution in [1.29, 1.82) is 5.26 Å². The van der Waals surface area contributed by atoms with Crippen LogP contribution in [0.4, 0.5) is 4.39 Å². The average Bonchev–Trinajstić information content (AvgIpc) is 2.25. The number of nitrogens with one attached hydrogen (secondary N) is 1. The fourth-order valence-corrected chi connectivity index (χ4v) is 1.29. The first kappa shape index (κ1) is 12.6. The Hall–Kier alpha value is -1.44. The van der Waals surface area contributed by atoms with Crippen LogP contribution in [0.15, 0.2) is 18.2 Å². The molecule has 0 aromatic heterocycles. The van der Waals surface area contributed by atoms with Crippen LogP contribution in [-0.2, 0) is 6.54 Å². The standard InChI is InChI=1S/C12H15FN2O/c1-9(16)4-5-15-8-11-3-2-10(7-14)6-12(11)13/h2-3,6,9,15-16H,4-5,8H2,1H3. The second-order valence-electron chi connectivity index (χ2n) is 3.73. The van der Waals surface area contributed by atoms with Crippen LogP contribution in [0.2, 0.25) is 0 Å². The van der Waals surface area contributed by atoms with Crippen molar-refractivity contribution in [2.24, 2.45) is 0 Å². The van der Waals surface area contributed by atoms with Crippen molar-refractivity contribution in [3.8, 4) is 6.07 Å². The maximum Gasteiger partial charge on any atom is 0.129 e. The maximum atomic E-state index is 13.4. The monoisotopic (exact) mass is 222 g/mol. The van der Waals surface area contributed by atoms with Crippen LogP contribution in [-0.4, -0.2) is 17.8 Å². The summed E-state index contributed by atoms with van der Waals surface area (Å²) in [5.41, 5.74) is 0.856. The lowest BCUT2D eigenvalue weighted by molar-refractivity contribution is 0.183. The van der Waals surface area contributed by atoms with E-state index in [9.17, 15) is 4.39 Å². The minimum Gasteiger partial charge on any atom is -0.393 e. The van der Waals surface area contributed by atoms with Gasteiger partial charge >= 0.3 is 0 Å². The van der Waals surface area contributed by atoms with Crippen molar-refractivity contribution < 1.29 is 9.50 Å². The van der Waals surface area contributed by atoms with E-state index < -0.39 is 0 Å². The first-order chi connectivity index (χ1) is 7.63. The van der Waals surface area contributed by atoms with E-state index in [1.54, 1.807) is 19.1 Å². The molecular weight excluding hydrogens is 207 g/mol. The average molecular weight is 222 g/mol. The number of nitriles is 1. The van der Waals surface area contributed by atoms with Gasteiger partial charge in [0.15, 0.2) is 0 Å². The van der Waals surface area contributed by atoms with E-state index >= 15 is 0 Å². The minimum atomic E-state index is -0.372. The Morgan fingerprint density at radius 2 is 2.31 bits per heavy atom. The number of aliphatic hydroxyl groups excluding tert-OH is 1. The molecule has 16 heavy (non-hydrogen) atoms. The molecule has 0 heterocycles. The third-order valence-corrected chi connectivity index (χ3v) is 2.24. The molecule has 0 amide bonds. The zero-order chi connectivity index (χ0) is 12.0. The Balaban J connectivity index is 2.46. The molecule has 86 valence electrons. The fraction of sp³-hybridized carbons (Fsp3) is 0.417. The molecule has 0 radical (unpaired) electrons. The molecule has 1 aromatic carbocycles. The molecule has 0 aliphatic heterocycles. The number of benzene rings is 1. The van der Waals surface area contributed by atoms with Crippen LogP contribution in [0.1, 0.15) is 24.5 Å². The maximum absolute atomic E-state index is 13.4. The molecule has 1 rings (SSSR count). The second-order valence-corrected chi connectivity index (χ2v) is 3.73. The van der Waals surface area contributed by atoms with Crippen molar-refractivity contribution in [1.82, 2.24) is 5.32 Å². The number of hydrogen-bond acceptors (Lipinski definition) is 3. The quantitative estimate of drug-likeness (QED) is 0.743. The summed E-state index contributed by atoms with van der Waals surface area (Å²) in [6.45, 7) is 2.76. The van der Waals surface area contributed by atoms with Gasteiger partial charge in [-0.05, 0) is 32.0 Å². The summed E-state index contributed by atoms with van der Waals surface area (Å²) in [5, 5.41) is 20.6. The molecule has 0 spiro atoms. The summed E-state index contributed by atoms with van der Waals surface area (Å²) in [6.07, 6.45) is 0.288. The lowest BCUT2D eigenvalue weighted by Crippen LogP contribution is -2.19. The van der Waals surface area contributed by atoms with Crippen LogP contribution in [0.3, 0.4) is 0 Å². The molecule has 1 atom stereocenters. The van der Waals surface area contributed by atoms with E-state index in [1.807, 2.05) is 6.07 Å². The van der Waals surface area contributed by atoms with Gasteiger partial charge in [-0.2, -0.15) is 5.26 Å². The third kappa shape index (κ3) is 3.97. The molecule has 2 N–H and O–H groups in total. The van der Waals surface area contributed by atoms with E-state index in [0.717, 1.165) is 0 Å². The van der Waals surface area contributed by atoms with Crippen molar-refractivity contribution in [2.75, 3.05) is 6.54 Å². The van der Waals surface area contributed by atoms with Gasteiger partial charge in [-0.25, -0.2) is 4.39 Å². The number of rotatable bonds is 5. The molecule has 0 saturated heterocycles. The first-order valence-electron chi connectivity index (χ1n) is 5.21. The molecule has 0 fully saturated rings. The molecule has 1 aromatic rings. The Morgan fingerprint density at radius 3 is 2.88 bits per heavy atom. The van der Waals surface area contributed by atoms with Crippen molar-refractivity contribution in [3.05, 3.63) is 35.1 Å². The molecule has 4 heteroatoms. The van der Waals surface area contributed by atoms with E-state index in [4.69, 9.17) is 10.4 Å². The number of hydrogen-bond donors (Lipinski definition) is 2. The van der Waals surface area contributed by atoms with Crippen molar-refractivity contribution in [3.63, 3.8) is 0 Å². The highest BCUT2D eigenvalue weighted by Crippen LogP contribution is 2.09. The van der Waals surface area contributed by atoms with Crippen LogP contribution in [0, 0.1) is 17.1 Å². The largest absolute Gasteiger partial charge is 0.393 e. The topological polar surface area (TPSA) is 56.0 Å². The van der Waals surface area contributed by atoms with Gasteiger partial charge in [0.05, 0.1) is 17.7 Å². The molecular formula is C12H15FN2O. The van der Waals surface area contributed by atoms with Crippen molar-refractivity contribution in [2.45, 2.75) is 26.0 Å². The fourth-order valence-electron chi connectivity index (χ4n) is 1.29. The van der Waals surface area contributed by atoms with E-state index in [-0.39, 0.29) is 11.9 Å². The molecule has 0 aliphatic rings. The third-order valence-electron chi connectivity index (χ3n) is 2.24. The summed E-state index contributed by atoms with van der Waals surface area (Å²) in [4.78, 5) is 0. The predicted molar refractivity (Wildman–Crippen MR) is 59.1 cm³/mol. The number of nitrogens with zero attached hydrogens (tertiary/aromatic N) is 1. The normalized spacial score (nSPS) is 12.1. The van der Waals surface area contributed by atoms with E-state index in [2.05, 4.69) is 5.32 Å².